The molecule has 1 aromatic heterocycles. The maximum atomic E-state index is 6.07. The number of benzene rings is 1. The second-order valence-electron chi connectivity index (χ2n) is 6.20. The topological polar surface area (TPSA) is 28.6 Å². The van der Waals surface area contributed by atoms with Crippen LogP contribution in [0.2, 0.25) is 0 Å². The molecule has 0 bridgehead atoms. The van der Waals surface area contributed by atoms with Crippen LogP contribution in [0.1, 0.15) is 11.1 Å². The van der Waals surface area contributed by atoms with Crippen molar-refractivity contribution in [2.45, 2.75) is 6.42 Å². The van der Waals surface area contributed by atoms with E-state index in [2.05, 4.69) is 46.1 Å². The largest absolute Gasteiger partial charge is 0.457 e. The molecule has 4 nitrogen and oxygen atoms in total. The van der Waals surface area contributed by atoms with Gasteiger partial charge in [-0.2, -0.15) is 0 Å². The summed E-state index contributed by atoms with van der Waals surface area (Å²) >= 11 is 0. The molecule has 2 aliphatic rings. The minimum Gasteiger partial charge on any atom is -0.457 e. The summed E-state index contributed by atoms with van der Waals surface area (Å²) in [5, 5.41) is 0. The number of hydrogen-bond donors (Lipinski definition) is 0. The third kappa shape index (κ3) is 2.94. The van der Waals surface area contributed by atoms with Crippen LogP contribution in [0.4, 0.5) is 5.69 Å². The lowest BCUT2D eigenvalue weighted by atomic mass is 10.0. The Bertz CT molecular complexity index is 719. The zero-order valence-corrected chi connectivity index (χ0v) is 13.4. The summed E-state index contributed by atoms with van der Waals surface area (Å²) in [6.07, 6.45) is 6.67. The summed E-state index contributed by atoms with van der Waals surface area (Å²) in [6.45, 7) is 4.43. The molecule has 118 valence electrons. The zero-order chi connectivity index (χ0) is 15.6. The van der Waals surface area contributed by atoms with Crippen molar-refractivity contribution in [2.24, 2.45) is 0 Å². The summed E-state index contributed by atoms with van der Waals surface area (Å²) in [6, 6.07) is 10.5. The summed E-state index contributed by atoms with van der Waals surface area (Å²) < 4.78 is 6.07. The van der Waals surface area contributed by atoms with E-state index in [1.807, 2.05) is 18.3 Å². The Hall–Kier alpha value is -2.33. The molecule has 0 N–H and O–H groups in total. The van der Waals surface area contributed by atoms with E-state index in [0.717, 1.165) is 49.7 Å². The summed E-state index contributed by atoms with van der Waals surface area (Å²) in [5.41, 5.74) is 3.59. The normalized spacial score (nSPS) is 18.1. The van der Waals surface area contributed by atoms with Gasteiger partial charge in [0, 0.05) is 55.4 Å². The number of rotatable bonds is 2. The quantitative estimate of drug-likeness (QED) is 0.853. The average Bonchev–Trinajstić information content (AvgIpc) is 2.62. The van der Waals surface area contributed by atoms with E-state index >= 15 is 0 Å². The Morgan fingerprint density at radius 2 is 1.96 bits per heavy atom. The fraction of sp³-hybridized carbons (Fsp3) is 0.316. The maximum absolute atomic E-state index is 6.07. The molecule has 0 saturated carbocycles. The smallest absolute Gasteiger partial charge is 0.132 e. The highest BCUT2D eigenvalue weighted by Gasteiger charge is 2.18. The number of nitrogens with zero attached hydrogens (tertiary/aromatic N) is 3. The van der Waals surface area contributed by atoms with E-state index in [1.165, 1.54) is 11.3 Å². The molecular formula is C19H21N3O. The van der Waals surface area contributed by atoms with Gasteiger partial charge in [0.25, 0.3) is 0 Å². The van der Waals surface area contributed by atoms with Crippen molar-refractivity contribution in [1.82, 2.24) is 9.88 Å². The molecule has 2 aliphatic heterocycles. The highest BCUT2D eigenvalue weighted by molar-refractivity contribution is 5.66. The van der Waals surface area contributed by atoms with Crippen molar-refractivity contribution in [1.29, 1.82) is 0 Å². The number of ether oxygens (including phenoxy) is 1. The molecule has 0 amide bonds. The third-order valence-electron chi connectivity index (χ3n) is 4.59. The molecule has 0 spiro atoms. The van der Waals surface area contributed by atoms with Crippen LogP contribution < -0.4 is 9.64 Å². The van der Waals surface area contributed by atoms with Gasteiger partial charge in [-0.25, -0.2) is 0 Å². The van der Waals surface area contributed by atoms with Crippen molar-refractivity contribution < 1.29 is 4.74 Å². The predicted octanol–water partition coefficient (Wildman–Crippen LogP) is 2.81. The minimum atomic E-state index is 0.901. The van der Waals surface area contributed by atoms with Gasteiger partial charge in [0.1, 0.15) is 11.5 Å². The molecule has 0 unspecified atom stereocenters. The first-order valence-corrected chi connectivity index (χ1v) is 8.14. The van der Waals surface area contributed by atoms with Crippen LogP contribution in [0.15, 0.2) is 48.8 Å². The minimum absolute atomic E-state index is 0.901. The van der Waals surface area contributed by atoms with E-state index in [1.54, 1.807) is 6.20 Å². The van der Waals surface area contributed by atoms with Gasteiger partial charge in [0.15, 0.2) is 0 Å². The molecule has 0 atom stereocenters. The number of fused-ring (bicyclic) bond motifs is 1. The molecule has 1 fully saturated rings. The molecule has 0 aliphatic carbocycles. The Labute approximate surface area is 137 Å². The van der Waals surface area contributed by atoms with Crippen molar-refractivity contribution in [3.8, 4) is 5.75 Å². The SMILES string of the molecule is CN1CCN(c2ccc3c(c2)CC=C(c2cccnc2)O3)CC1. The van der Waals surface area contributed by atoms with E-state index in [9.17, 15) is 0 Å². The van der Waals surface area contributed by atoms with Gasteiger partial charge >= 0.3 is 0 Å². The van der Waals surface area contributed by atoms with Gasteiger partial charge < -0.3 is 14.5 Å². The Balaban J connectivity index is 1.54. The fourth-order valence-corrected chi connectivity index (χ4v) is 3.13. The van der Waals surface area contributed by atoms with Gasteiger partial charge in [-0.15, -0.1) is 0 Å². The van der Waals surface area contributed by atoms with Crippen LogP contribution in [-0.2, 0) is 6.42 Å². The first-order valence-electron chi connectivity index (χ1n) is 8.14. The lowest BCUT2D eigenvalue weighted by Gasteiger charge is -2.34. The molecular weight excluding hydrogens is 286 g/mol. The molecule has 1 aromatic carbocycles. The predicted molar refractivity (Wildman–Crippen MR) is 92.7 cm³/mol. The van der Waals surface area contributed by atoms with Gasteiger partial charge in [-0.05, 0) is 49.9 Å². The zero-order valence-electron chi connectivity index (χ0n) is 13.4. The van der Waals surface area contributed by atoms with Gasteiger partial charge in [-0.1, -0.05) is 0 Å². The molecule has 3 heterocycles. The Morgan fingerprint density at radius 1 is 1.09 bits per heavy atom. The molecule has 2 aromatic rings. The Kier molecular flexibility index (Phi) is 3.75. The molecule has 23 heavy (non-hydrogen) atoms. The number of hydrogen-bond acceptors (Lipinski definition) is 4. The molecule has 1 saturated heterocycles. The van der Waals surface area contributed by atoms with Crippen LogP contribution in [0.25, 0.3) is 5.76 Å². The lowest BCUT2D eigenvalue weighted by molar-refractivity contribution is 0.313. The average molecular weight is 307 g/mol. The number of anilines is 1. The van der Waals surface area contributed by atoms with E-state index < -0.39 is 0 Å². The Morgan fingerprint density at radius 3 is 2.74 bits per heavy atom. The number of likely N-dealkylation sites (N-methyl/N-ethyl adjacent to an activating group) is 1. The summed E-state index contributed by atoms with van der Waals surface area (Å²) in [4.78, 5) is 9.00. The monoisotopic (exact) mass is 307 g/mol. The van der Waals surface area contributed by atoms with E-state index in [-0.39, 0.29) is 0 Å². The lowest BCUT2D eigenvalue weighted by Crippen LogP contribution is -2.44. The highest BCUT2D eigenvalue weighted by atomic mass is 16.5. The fourth-order valence-electron chi connectivity index (χ4n) is 3.13. The second-order valence-corrected chi connectivity index (χ2v) is 6.20. The number of pyridine rings is 1. The van der Waals surface area contributed by atoms with E-state index in [4.69, 9.17) is 4.74 Å². The van der Waals surface area contributed by atoms with Gasteiger partial charge in [0.2, 0.25) is 0 Å². The second kappa shape index (κ2) is 6.05. The molecule has 0 radical (unpaired) electrons. The van der Waals surface area contributed by atoms with Crippen LogP contribution in [0.5, 0.6) is 5.75 Å². The van der Waals surface area contributed by atoms with Crippen molar-refractivity contribution in [2.75, 3.05) is 38.1 Å². The number of allylic oxidation sites excluding steroid dienone is 1. The summed E-state index contributed by atoms with van der Waals surface area (Å²) in [7, 11) is 2.18. The van der Waals surface area contributed by atoms with Crippen LogP contribution in [0.3, 0.4) is 0 Å². The standard InChI is InChI=1S/C19H21N3O/c1-21-9-11-22(12-10-21)17-5-7-18-15(13-17)4-6-19(23-18)16-3-2-8-20-14-16/h2-3,5-8,13-14H,4,9-12H2,1H3. The van der Waals surface area contributed by atoms with E-state index in [0.29, 0.717) is 0 Å². The highest BCUT2D eigenvalue weighted by Crippen LogP contribution is 2.33. The molecule has 4 heteroatoms. The summed E-state index contributed by atoms with van der Waals surface area (Å²) in [5.74, 6) is 1.86. The van der Waals surface area contributed by atoms with Crippen molar-refractivity contribution in [3.63, 3.8) is 0 Å². The van der Waals surface area contributed by atoms with Crippen molar-refractivity contribution >= 4 is 11.4 Å². The third-order valence-corrected chi connectivity index (χ3v) is 4.59. The number of aromatic nitrogens is 1. The number of piperazine rings is 1. The van der Waals surface area contributed by atoms with Crippen molar-refractivity contribution in [3.05, 3.63) is 59.9 Å². The van der Waals surface area contributed by atoms with Crippen LogP contribution in [-0.4, -0.2) is 43.1 Å². The van der Waals surface area contributed by atoms with Gasteiger partial charge in [0.05, 0.1) is 0 Å². The van der Waals surface area contributed by atoms with Crippen LogP contribution >= 0.6 is 0 Å². The maximum Gasteiger partial charge on any atom is 0.132 e. The first kappa shape index (κ1) is 14.3. The first-order chi connectivity index (χ1) is 11.3. The van der Waals surface area contributed by atoms with Gasteiger partial charge in [-0.3, -0.25) is 4.98 Å². The molecule has 4 rings (SSSR count). The van der Waals surface area contributed by atoms with Crippen LogP contribution in [0, 0.1) is 0 Å².